The van der Waals surface area contributed by atoms with Crippen molar-refractivity contribution >= 4 is 27.5 Å². The molecule has 2 N–H and O–H groups in total. The van der Waals surface area contributed by atoms with Crippen LogP contribution in [0.15, 0.2) is 16.6 Å². The maximum Gasteiger partial charge on any atom is 0.242 e. The summed E-state index contributed by atoms with van der Waals surface area (Å²) in [6.07, 6.45) is 4.99. The van der Waals surface area contributed by atoms with Gasteiger partial charge in [0.2, 0.25) is 5.91 Å². The van der Waals surface area contributed by atoms with E-state index in [1.165, 1.54) is 6.92 Å². The van der Waals surface area contributed by atoms with Crippen LogP contribution in [0, 0.1) is 24.0 Å². The summed E-state index contributed by atoms with van der Waals surface area (Å²) in [4.78, 5) is 11.5. The Kier molecular flexibility index (Phi) is 5.10. The highest BCUT2D eigenvalue weighted by Crippen LogP contribution is 2.23. The van der Waals surface area contributed by atoms with Crippen LogP contribution in [0.2, 0.25) is 0 Å². The minimum Gasteiger partial charge on any atom is -0.371 e. The Morgan fingerprint density at radius 2 is 2.17 bits per heavy atom. The number of carbonyl (C=O) groups excluding carboxylic acids is 1. The molecule has 1 amide bonds. The van der Waals surface area contributed by atoms with Crippen molar-refractivity contribution in [1.82, 2.24) is 5.32 Å². The van der Waals surface area contributed by atoms with Gasteiger partial charge in [0.25, 0.3) is 0 Å². The van der Waals surface area contributed by atoms with Gasteiger partial charge in [-0.15, -0.1) is 6.42 Å². The number of nitrogens with one attached hydrogen (secondary N) is 2. The lowest BCUT2D eigenvalue weighted by atomic mass is 10.2. The number of anilines is 1. The molecule has 1 aromatic rings. The van der Waals surface area contributed by atoms with Gasteiger partial charge >= 0.3 is 0 Å². The van der Waals surface area contributed by atoms with Crippen molar-refractivity contribution in [2.24, 2.45) is 0 Å². The van der Waals surface area contributed by atoms with Crippen LogP contribution in [0.5, 0.6) is 0 Å². The van der Waals surface area contributed by atoms with Crippen LogP contribution in [-0.2, 0) is 4.79 Å². The molecule has 1 aromatic carbocycles. The average Bonchev–Trinajstić information content (AvgIpc) is 2.32. The first-order valence-electron chi connectivity index (χ1n) is 5.08. The summed E-state index contributed by atoms with van der Waals surface area (Å²) in [5.41, 5.74) is -0.0842. The first-order valence-corrected chi connectivity index (χ1v) is 5.87. The quantitative estimate of drug-likeness (QED) is 0.661. The van der Waals surface area contributed by atoms with Crippen molar-refractivity contribution in [2.75, 3.05) is 11.9 Å². The van der Waals surface area contributed by atoms with Crippen molar-refractivity contribution in [3.05, 3.63) is 28.2 Å². The lowest BCUT2D eigenvalue weighted by Crippen LogP contribution is -2.37. The van der Waals surface area contributed by atoms with E-state index in [1.807, 2.05) is 0 Å². The fourth-order valence-corrected chi connectivity index (χ4v) is 1.54. The standard InChI is InChI=1S/C12H11BrF2N2O/c1-3-4-16-12(18)7(2)17-11-6-9(14)8(13)5-10(11)15/h1,5-7,17H,4H2,2H3,(H,16,18). The summed E-state index contributed by atoms with van der Waals surface area (Å²) in [5.74, 6) is 0.584. The van der Waals surface area contributed by atoms with Gasteiger partial charge in [0, 0.05) is 6.07 Å². The van der Waals surface area contributed by atoms with E-state index in [1.54, 1.807) is 0 Å². The molecule has 0 bridgehead atoms. The fourth-order valence-electron chi connectivity index (χ4n) is 1.22. The number of halogens is 3. The average molecular weight is 317 g/mol. The molecule has 1 unspecified atom stereocenters. The molecule has 6 heteroatoms. The zero-order valence-electron chi connectivity index (χ0n) is 9.56. The smallest absolute Gasteiger partial charge is 0.242 e. The first kappa shape index (κ1) is 14.5. The second-order valence-corrected chi connectivity index (χ2v) is 4.39. The molecule has 0 aliphatic rings. The van der Waals surface area contributed by atoms with Gasteiger partial charge in [-0.05, 0) is 28.9 Å². The van der Waals surface area contributed by atoms with Gasteiger partial charge in [0.15, 0.2) is 0 Å². The minimum atomic E-state index is -0.728. The molecule has 0 spiro atoms. The highest BCUT2D eigenvalue weighted by Gasteiger charge is 2.15. The summed E-state index contributed by atoms with van der Waals surface area (Å²) in [6.45, 7) is 1.60. The Morgan fingerprint density at radius 3 is 2.78 bits per heavy atom. The third kappa shape index (κ3) is 3.70. The number of hydrogen-bond acceptors (Lipinski definition) is 2. The summed E-state index contributed by atoms with van der Waals surface area (Å²) in [5, 5.41) is 5.01. The predicted molar refractivity (Wildman–Crippen MR) is 69.0 cm³/mol. The van der Waals surface area contributed by atoms with E-state index in [0.717, 1.165) is 12.1 Å². The van der Waals surface area contributed by atoms with E-state index in [-0.39, 0.29) is 16.7 Å². The molecule has 1 rings (SSSR count). The molecule has 0 aromatic heterocycles. The van der Waals surface area contributed by atoms with Crippen LogP contribution in [0.1, 0.15) is 6.92 Å². The molecule has 0 aliphatic carbocycles. The van der Waals surface area contributed by atoms with Crippen LogP contribution in [0.4, 0.5) is 14.5 Å². The van der Waals surface area contributed by atoms with Crippen LogP contribution in [0.25, 0.3) is 0 Å². The minimum absolute atomic E-state index is 0.0231. The number of benzene rings is 1. The molecule has 3 nitrogen and oxygen atoms in total. The van der Waals surface area contributed by atoms with Crippen molar-refractivity contribution in [3.63, 3.8) is 0 Å². The topological polar surface area (TPSA) is 41.1 Å². The summed E-state index contributed by atoms with van der Waals surface area (Å²) >= 11 is 2.87. The van der Waals surface area contributed by atoms with Gasteiger partial charge in [-0.2, -0.15) is 0 Å². The number of carbonyl (C=O) groups is 1. The SMILES string of the molecule is C#CCNC(=O)C(C)Nc1cc(F)c(Br)cc1F. The maximum atomic E-state index is 13.5. The predicted octanol–water partition coefficient (Wildman–Crippen LogP) is 2.28. The molecule has 18 heavy (non-hydrogen) atoms. The third-order valence-electron chi connectivity index (χ3n) is 2.14. The monoisotopic (exact) mass is 316 g/mol. The van der Waals surface area contributed by atoms with Gasteiger partial charge in [-0.1, -0.05) is 5.92 Å². The van der Waals surface area contributed by atoms with E-state index in [2.05, 4.69) is 32.5 Å². The van der Waals surface area contributed by atoms with Crippen molar-refractivity contribution in [1.29, 1.82) is 0 Å². The van der Waals surface area contributed by atoms with Crippen LogP contribution in [-0.4, -0.2) is 18.5 Å². The number of amides is 1. The number of terminal acetylenes is 1. The third-order valence-corrected chi connectivity index (χ3v) is 2.75. The maximum absolute atomic E-state index is 13.5. The molecule has 1 atom stereocenters. The largest absolute Gasteiger partial charge is 0.371 e. The molecular weight excluding hydrogens is 306 g/mol. The van der Waals surface area contributed by atoms with E-state index in [9.17, 15) is 13.6 Å². The van der Waals surface area contributed by atoms with Gasteiger partial charge in [0.05, 0.1) is 16.7 Å². The first-order chi connectivity index (χ1) is 8.45. The second kappa shape index (κ2) is 6.36. The Balaban J connectivity index is 2.76. The Bertz CT molecular complexity index is 500. The van der Waals surface area contributed by atoms with Gasteiger partial charge in [-0.3, -0.25) is 4.79 Å². The fraction of sp³-hybridized carbons (Fsp3) is 0.250. The second-order valence-electron chi connectivity index (χ2n) is 3.53. The van der Waals surface area contributed by atoms with Crippen LogP contribution < -0.4 is 10.6 Å². The zero-order chi connectivity index (χ0) is 13.7. The van der Waals surface area contributed by atoms with E-state index in [4.69, 9.17) is 6.42 Å². The highest BCUT2D eigenvalue weighted by atomic mass is 79.9. The molecule has 0 saturated heterocycles. The van der Waals surface area contributed by atoms with Crippen LogP contribution in [0.3, 0.4) is 0 Å². The lowest BCUT2D eigenvalue weighted by molar-refractivity contribution is -0.121. The number of hydrogen-bond donors (Lipinski definition) is 2. The van der Waals surface area contributed by atoms with Gasteiger partial charge in [-0.25, -0.2) is 8.78 Å². The molecule has 96 valence electrons. The molecule has 0 saturated carbocycles. The van der Waals surface area contributed by atoms with Gasteiger partial charge < -0.3 is 10.6 Å². The number of rotatable bonds is 4. The van der Waals surface area contributed by atoms with Crippen LogP contribution >= 0.6 is 15.9 Å². The Morgan fingerprint density at radius 1 is 1.50 bits per heavy atom. The lowest BCUT2D eigenvalue weighted by Gasteiger charge is -2.15. The Hall–Kier alpha value is -1.61. The molecule has 0 aliphatic heterocycles. The summed E-state index contributed by atoms with van der Waals surface area (Å²) in [7, 11) is 0. The summed E-state index contributed by atoms with van der Waals surface area (Å²) < 4.78 is 26.7. The molecule has 0 fully saturated rings. The van der Waals surface area contributed by atoms with Gasteiger partial charge in [0.1, 0.15) is 17.7 Å². The van der Waals surface area contributed by atoms with E-state index >= 15 is 0 Å². The zero-order valence-corrected chi connectivity index (χ0v) is 11.1. The molecule has 0 heterocycles. The normalized spacial score (nSPS) is 11.5. The van der Waals surface area contributed by atoms with Crippen molar-refractivity contribution < 1.29 is 13.6 Å². The summed E-state index contributed by atoms with van der Waals surface area (Å²) in [6, 6.07) is 1.24. The van der Waals surface area contributed by atoms with E-state index < -0.39 is 23.6 Å². The van der Waals surface area contributed by atoms with Crippen molar-refractivity contribution in [3.8, 4) is 12.3 Å². The molecule has 0 radical (unpaired) electrons. The molecular formula is C12H11BrF2N2O. The van der Waals surface area contributed by atoms with Crippen molar-refractivity contribution in [2.45, 2.75) is 13.0 Å². The van der Waals surface area contributed by atoms with E-state index in [0.29, 0.717) is 0 Å². The highest BCUT2D eigenvalue weighted by molar-refractivity contribution is 9.10. The Labute approximate surface area is 112 Å².